The summed E-state index contributed by atoms with van der Waals surface area (Å²) in [6.45, 7) is 4.24. The first-order valence-electron chi connectivity index (χ1n) is 9.44. The standard InChI is InChI=1S/C21H25F3N2O2.ClH/c1-2-27-19-14-17(20(21(22,23)24)26-12-10-25-11-13-26)8-9-18(19)28-15-16-6-4-3-5-7-16;/h3-9,14,20,25H,2,10-13,15H2,1H3;1H/t20-;/m0./s1. The minimum Gasteiger partial charge on any atom is -0.490 e. The van der Waals surface area contributed by atoms with Crippen LogP contribution in [0.15, 0.2) is 48.5 Å². The van der Waals surface area contributed by atoms with Crippen molar-refractivity contribution in [3.8, 4) is 11.5 Å². The summed E-state index contributed by atoms with van der Waals surface area (Å²) in [5.74, 6) is 0.774. The second-order valence-electron chi connectivity index (χ2n) is 6.64. The van der Waals surface area contributed by atoms with Crippen molar-refractivity contribution in [2.24, 2.45) is 0 Å². The van der Waals surface area contributed by atoms with Crippen molar-refractivity contribution in [1.82, 2.24) is 10.2 Å². The number of alkyl halides is 3. The normalized spacial score (nSPS) is 16.0. The first-order valence-corrected chi connectivity index (χ1v) is 9.44. The topological polar surface area (TPSA) is 33.7 Å². The molecule has 8 heteroatoms. The van der Waals surface area contributed by atoms with Gasteiger partial charge in [-0.25, -0.2) is 0 Å². The Morgan fingerprint density at radius 3 is 2.31 bits per heavy atom. The molecule has 1 N–H and O–H groups in total. The molecule has 0 radical (unpaired) electrons. The maximum Gasteiger partial charge on any atom is 0.408 e. The zero-order valence-corrected chi connectivity index (χ0v) is 17.1. The highest BCUT2D eigenvalue weighted by molar-refractivity contribution is 5.85. The highest BCUT2D eigenvalue weighted by atomic mass is 35.5. The number of hydrogen-bond donors (Lipinski definition) is 1. The summed E-state index contributed by atoms with van der Waals surface area (Å²) in [7, 11) is 0. The largest absolute Gasteiger partial charge is 0.490 e. The molecule has 29 heavy (non-hydrogen) atoms. The van der Waals surface area contributed by atoms with E-state index in [9.17, 15) is 13.2 Å². The molecule has 0 saturated carbocycles. The number of halogens is 4. The van der Waals surface area contributed by atoms with Crippen molar-refractivity contribution >= 4 is 12.4 Å². The van der Waals surface area contributed by atoms with Gasteiger partial charge in [-0.15, -0.1) is 12.4 Å². The lowest BCUT2D eigenvalue weighted by Crippen LogP contribution is -2.49. The molecule has 4 nitrogen and oxygen atoms in total. The summed E-state index contributed by atoms with van der Waals surface area (Å²) in [5.41, 5.74) is 1.15. The molecule has 0 aromatic heterocycles. The first kappa shape index (κ1) is 23.3. The Labute approximate surface area is 175 Å². The number of ether oxygens (including phenoxy) is 2. The molecule has 1 aliphatic heterocycles. The van der Waals surface area contributed by atoms with Gasteiger partial charge < -0.3 is 14.8 Å². The molecule has 2 aromatic carbocycles. The van der Waals surface area contributed by atoms with E-state index < -0.39 is 12.2 Å². The molecule has 160 valence electrons. The highest BCUT2D eigenvalue weighted by Crippen LogP contribution is 2.41. The second-order valence-corrected chi connectivity index (χ2v) is 6.64. The van der Waals surface area contributed by atoms with Crippen LogP contribution in [0.5, 0.6) is 11.5 Å². The monoisotopic (exact) mass is 430 g/mol. The second kappa shape index (κ2) is 10.7. The lowest BCUT2D eigenvalue weighted by Gasteiger charge is -2.36. The van der Waals surface area contributed by atoms with Crippen molar-refractivity contribution in [1.29, 1.82) is 0 Å². The van der Waals surface area contributed by atoms with E-state index in [4.69, 9.17) is 9.47 Å². The van der Waals surface area contributed by atoms with Crippen molar-refractivity contribution in [2.75, 3.05) is 32.8 Å². The van der Waals surface area contributed by atoms with E-state index in [1.54, 1.807) is 13.0 Å². The van der Waals surface area contributed by atoms with E-state index in [0.717, 1.165) is 5.56 Å². The van der Waals surface area contributed by atoms with Crippen molar-refractivity contribution in [2.45, 2.75) is 25.7 Å². The third kappa shape index (κ3) is 6.26. The number of rotatable bonds is 7. The van der Waals surface area contributed by atoms with Gasteiger partial charge in [0.2, 0.25) is 0 Å². The Morgan fingerprint density at radius 1 is 1.00 bits per heavy atom. The summed E-state index contributed by atoms with van der Waals surface area (Å²) >= 11 is 0. The molecule has 2 aromatic rings. The summed E-state index contributed by atoms with van der Waals surface area (Å²) < 4.78 is 52.9. The highest BCUT2D eigenvalue weighted by Gasteiger charge is 2.45. The molecule has 1 fully saturated rings. The molecule has 1 aliphatic rings. The molecule has 0 unspecified atom stereocenters. The van der Waals surface area contributed by atoms with Crippen LogP contribution < -0.4 is 14.8 Å². The van der Waals surface area contributed by atoms with Crippen LogP contribution >= 0.6 is 12.4 Å². The molecule has 1 heterocycles. The molecule has 1 saturated heterocycles. The predicted molar refractivity (Wildman–Crippen MR) is 109 cm³/mol. The quantitative estimate of drug-likeness (QED) is 0.696. The van der Waals surface area contributed by atoms with Gasteiger partial charge in [-0.3, -0.25) is 4.90 Å². The summed E-state index contributed by atoms with van der Waals surface area (Å²) in [4.78, 5) is 1.46. The van der Waals surface area contributed by atoms with Crippen molar-refractivity contribution in [3.05, 3.63) is 59.7 Å². The van der Waals surface area contributed by atoms with Gasteiger partial charge in [-0.05, 0) is 30.2 Å². The zero-order valence-electron chi connectivity index (χ0n) is 16.2. The van der Waals surface area contributed by atoms with E-state index in [0.29, 0.717) is 50.9 Å². The first-order chi connectivity index (χ1) is 13.5. The Kier molecular flexibility index (Phi) is 8.61. The van der Waals surface area contributed by atoms with Gasteiger partial charge in [0.25, 0.3) is 0 Å². The Hall–Kier alpha value is -1.96. The van der Waals surface area contributed by atoms with Gasteiger partial charge in [0.15, 0.2) is 11.5 Å². The minimum absolute atomic E-state index is 0. The van der Waals surface area contributed by atoms with Crippen LogP contribution in [-0.2, 0) is 6.61 Å². The average Bonchev–Trinajstić information content (AvgIpc) is 2.68. The third-order valence-electron chi connectivity index (χ3n) is 4.65. The number of nitrogens with zero attached hydrogens (tertiary/aromatic N) is 1. The molecule has 3 rings (SSSR count). The summed E-state index contributed by atoms with van der Waals surface area (Å²) in [6.07, 6.45) is -4.37. The minimum atomic E-state index is -4.37. The smallest absolute Gasteiger partial charge is 0.408 e. The number of nitrogens with one attached hydrogen (secondary N) is 1. The van der Waals surface area contributed by atoms with Gasteiger partial charge in [-0.2, -0.15) is 13.2 Å². The van der Waals surface area contributed by atoms with Crippen molar-refractivity contribution in [3.63, 3.8) is 0 Å². The SMILES string of the molecule is CCOc1cc([C@H](N2CCNCC2)C(F)(F)F)ccc1OCc1ccccc1.Cl. The summed E-state index contributed by atoms with van der Waals surface area (Å²) in [6, 6.07) is 12.5. The van der Waals surface area contributed by atoms with E-state index in [2.05, 4.69) is 5.32 Å². The van der Waals surface area contributed by atoms with Crippen LogP contribution in [0.25, 0.3) is 0 Å². The van der Waals surface area contributed by atoms with E-state index in [1.807, 2.05) is 30.3 Å². The Morgan fingerprint density at radius 2 is 1.69 bits per heavy atom. The fourth-order valence-corrected chi connectivity index (χ4v) is 3.36. The average molecular weight is 431 g/mol. The van der Waals surface area contributed by atoms with Crippen LogP contribution in [0.2, 0.25) is 0 Å². The van der Waals surface area contributed by atoms with Gasteiger partial charge in [-0.1, -0.05) is 36.4 Å². The summed E-state index contributed by atoms with van der Waals surface area (Å²) in [5, 5.41) is 3.09. The van der Waals surface area contributed by atoms with Gasteiger partial charge in [0, 0.05) is 26.2 Å². The molecule has 1 atom stereocenters. The van der Waals surface area contributed by atoms with Gasteiger partial charge >= 0.3 is 6.18 Å². The molecule has 0 aliphatic carbocycles. The lowest BCUT2D eigenvalue weighted by molar-refractivity contribution is -0.187. The van der Waals surface area contributed by atoms with Crippen LogP contribution in [0.1, 0.15) is 24.1 Å². The van der Waals surface area contributed by atoms with Crippen molar-refractivity contribution < 1.29 is 22.6 Å². The fourth-order valence-electron chi connectivity index (χ4n) is 3.36. The fraction of sp³-hybridized carbons (Fsp3) is 0.429. The lowest BCUT2D eigenvalue weighted by atomic mass is 10.0. The number of piperazine rings is 1. The van der Waals surface area contributed by atoms with E-state index >= 15 is 0 Å². The molecular weight excluding hydrogens is 405 g/mol. The van der Waals surface area contributed by atoms with Crippen LogP contribution in [0, 0.1) is 0 Å². The zero-order chi connectivity index (χ0) is 20.0. The van der Waals surface area contributed by atoms with Gasteiger partial charge in [0.1, 0.15) is 12.6 Å². The number of benzene rings is 2. The van der Waals surface area contributed by atoms with E-state index in [-0.39, 0.29) is 18.0 Å². The predicted octanol–water partition coefficient (Wildman–Crippen LogP) is 4.59. The van der Waals surface area contributed by atoms with E-state index in [1.165, 1.54) is 17.0 Å². The Balaban J connectivity index is 0.00000300. The molecular formula is C21H26ClF3N2O2. The third-order valence-corrected chi connectivity index (χ3v) is 4.65. The Bertz CT molecular complexity index is 753. The maximum absolute atomic E-state index is 13.8. The number of hydrogen-bond acceptors (Lipinski definition) is 4. The maximum atomic E-state index is 13.8. The van der Waals surface area contributed by atoms with Crippen LogP contribution in [0.4, 0.5) is 13.2 Å². The molecule has 0 bridgehead atoms. The van der Waals surface area contributed by atoms with Gasteiger partial charge in [0.05, 0.1) is 6.61 Å². The van der Waals surface area contributed by atoms with Crippen LogP contribution in [-0.4, -0.2) is 43.9 Å². The molecule has 0 spiro atoms. The molecule has 0 amide bonds. The van der Waals surface area contributed by atoms with Crippen LogP contribution in [0.3, 0.4) is 0 Å².